The van der Waals surface area contributed by atoms with Crippen LogP contribution < -0.4 is 0 Å². The number of thioether (sulfide) groups is 1. The number of aliphatic carboxylic acids is 1. The first kappa shape index (κ1) is 17.3. The van der Waals surface area contributed by atoms with Crippen molar-refractivity contribution < 1.29 is 14.3 Å². The Morgan fingerprint density at radius 1 is 1.54 bits per heavy atom. The van der Waals surface area contributed by atoms with Gasteiger partial charge in [-0.25, -0.2) is 14.2 Å². The van der Waals surface area contributed by atoms with Crippen LogP contribution in [-0.2, 0) is 4.79 Å². The molecule has 1 fully saturated rings. The van der Waals surface area contributed by atoms with Crippen molar-refractivity contribution in [1.82, 2.24) is 4.90 Å². The number of carboxylic acid groups (broad SMARTS) is 1. The molecule has 1 N–H and O–H groups in total. The van der Waals surface area contributed by atoms with E-state index in [1.54, 1.807) is 24.8 Å². The molecule has 3 rings (SSSR count). The van der Waals surface area contributed by atoms with Gasteiger partial charge in [0.2, 0.25) is 0 Å². The molecule has 0 aliphatic carbocycles. The molecule has 0 bridgehead atoms. The molecule has 2 heterocycles. The van der Waals surface area contributed by atoms with Crippen molar-refractivity contribution in [3.8, 4) is 0 Å². The molecule has 0 radical (unpaired) electrons. The normalized spacial score (nSPS) is 23.8. The molecule has 1 aromatic rings. The summed E-state index contributed by atoms with van der Waals surface area (Å²) in [5.41, 5.74) is 0.697. The van der Waals surface area contributed by atoms with E-state index in [9.17, 15) is 14.3 Å². The van der Waals surface area contributed by atoms with E-state index in [-0.39, 0.29) is 16.2 Å². The van der Waals surface area contributed by atoms with Crippen LogP contribution in [0.3, 0.4) is 0 Å². The van der Waals surface area contributed by atoms with Crippen molar-refractivity contribution in [3.05, 3.63) is 45.9 Å². The topological polar surface area (TPSA) is 52.9 Å². The summed E-state index contributed by atoms with van der Waals surface area (Å²) in [6, 6.07) is 3.67. The van der Waals surface area contributed by atoms with Gasteiger partial charge in [0.15, 0.2) is 5.17 Å². The van der Waals surface area contributed by atoms with Crippen LogP contribution >= 0.6 is 23.4 Å². The lowest BCUT2D eigenvalue weighted by atomic mass is 9.93. The second-order valence-corrected chi connectivity index (χ2v) is 7.54. The number of nitrogens with zero attached hydrogens (tertiary/aromatic N) is 2. The van der Waals surface area contributed by atoms with Gasteiger partial charge in [0.1, 0.15) is 5.82 Å². The third kappa shape index (κ3) is 2.93. The average molecular weight is 369 g/mol. The van der Waals surface area contributed by atoms with Gasteiger partial charge in [-0.15, -0.1) is 0 Å². The van der Waals surface area contributed by atoms with Gasteiger partial charge in [0.05, 0.1) is 17.3 Å². The van der Waals surface area contributed by atoms with Crippen molar-refractivity contribution in [1.29, 1.82) is 0 Å². The number of carboxylic acids is 1. The molecule has 1 aromatic carbocycles. The van der Waals surface area contributed by atoms with E-state index in [4.69, 9.17) is 11.6 Å². The monoisotopic (exact) mass is 368 g/mol. The van der Waals surface area contributed by atoms with Crippen molar-refractivity contribution in [2.75, 3.05) is 6.54 Å². The van der Waals surface area contributed by atoms with Gasteiger partial charge in [0.25, 0.3) is 0 Å². The minimum absolute atomic E-state index is 0.0845. The molecule has 1 saturated heterocycles. The molecular weight excluding hydrogens is 351 g/mol. The Morgan fingerprint density at radius 3 is 2.92 bits per heavy atom. The fourth-order valence-corrected chi connectivity index (χ4v) is 4.65. The van der Waals surface area contributed by atoms with E-state index in [2.05, 4.69) is 11.9 Å². The summed E-state index contributed by atoms with van der Waals surface area (Å²) >= 11 is 7.87. The van der Waals surface area contributed by atoms with Gasteiger partial charge < -0.3 is 10.0 Å². The first-order chi connectivity index (χ1) is 11.4. The lowest BCUT2D eigenvalue weighted by molar-refractivity contribution is -0.133. The number of hydrogen-bond acceptors (Lipinski definition) is 4. The quantitative estimate of drug-likeness (QED) is 0.855. The summed E-state index contributed by atoms with van der Waals surface area (Å²) in [4.78, 5) is 18.2. The molecule has 2 atom stereocenters. The maximum Gasteiger partial charge on any atom is 0.335 e. The van der Waals surface area contributed by atoms with Crippen molar-refractivity contribution in [3.63, 3.8) is 0 Å². The maximum atomic E-state index is 14.5. The molecule has 4 nitrogen and oxygen atoms in total. The molecule has 2 unspecified atom stereocenters. The zero-order valence-electron chi connectivity index (χ0n) is 13.4. The van der Waals surface area contributed by atoms with Gasteiger partial charge in [-0.05, 0) is 31.9 Å². The summed E-state index contributed by atoms with van der Waals surface area (Å²) < 4.78 is 14.5. The van der Waals surface area contributed by atoms with Crippen LogP contribution in [0.2, 0.25) is 5.02 Å². The van der Waals surface area contributed by atoms with E-state index < -0.39 is 17.8 Å². The third-order valence-corrected chi connectivity index (χ3v) is 6.18. The highest BCUT2D eigenvalue weighted by Gasteiger charge is 2.40. The Balaban J connectivity index is 2.15. The number of amidine groups is 1. The van der Waals surface area contributed by atoms with E-state index >= 15 is 0 Å². The van der Waals surface area contributed by atoms with E-state index in [1.807, 2.05) is 4.90 Å². The molecule has 24 heavy (non-hydrogen) atoms. The molecule has 2 aliphatic rings. The van der Waals surface area contributed by atoms with Crippen LogP contribution in [0.4, 0.5) is 4.39 Å². The van der Waals surface area contributed by atoms with Crippen molar-refractivity contribution >= 4 is 34.5 Å². The standard InChI is InChI=1S/C17H18ClFN2O2S/c1-3-10-7-8-21-15(14-11(18)5-4-6-12(14)19)13(16(22)23)9(2)20-17(21)24-10/h4-6,10,15H,3,7-8H2,1-2H3,(H,22,23). The minimum Gasteiger partial charge on any atom is -0.478 e. The van der Waals surface area contributed by atoms with Crippen LogP contribution in [-0.4, -0.2) is 32.9 Å². The highest BCUT2D eigenvalue weighted by molar-refractivity contribution is 8.14. The molecule has 0 aromatic heterocycles. The van der Waals surface area contributed by atoms with Gasteiger partial charge in [-0.2, -0.15) is 0 Å². The average Bonchev–Trinajstić information content (AvgIpc) is 2.53. The second-order valence-electron chi connectivity index (χ2n) is 5.87. The number of halogens is 2. The number of allylic oxidation sites excluding steroid dienone is 1. The zero-order valence-corrected chi connectivity index (χ0v) is 15.0. The maximum absolute atomic E-state index is 14.5. The molecule has 128 valence electrons. The molecule has 0 saturated carbocycles. The van der Waals surface area contributed by atoms with Crippen LogP contribution in [0.15, 0.2) is 34.5 Å². The number of fused-ring (bicyclic) bond motifs is 1. The van der Waals surface area contributed by atoms with E-state index in [0.29, 0.717) is 17.5 Å². The van der Waals surface area contributed by atoms with Crippen molar-refractivity contribution in [2.24, 2.45) is 4.99 Å². The molecule has 0 amide bonds. The fraction of sp³-hybridized carbons (Fsp3) is 0.412. The Kier molecular flexibility index (Phi) is 4.88. The lowest BCUT2D eigenvalue weighted by Gasteiger charge is -2.42. The summed E-state index contributed by atoms with van der Waals surface area (Å²) in [6.07, 6.45) is 1.91. The first-order valence-electron chi connectivity index (χ1n) is 7.84. The summed E-state index contributed by atoms with van der Waals surface area (Å²) in [5, 5.41) is 11.1. The Labute approximate surface area is 149 Å². The molecular formula is C17H18ClFN2O2S. The minimum atomic E-state index is -1.10. The third-order valence-electron chi connectivity index (χ3n) is 4.41. The second kappa shape index (κ2) is 6.76. The summed E-state index contributed by atoms with van der Waals surface area (Å²) in [6.45, 7) is 4.41. The van der Waals surface area contributed by atoms with Crippen LogP contribution in [0.5, 0.6) is 0 Å². The number of rotatable bonds is 3. The highest BCUT2D eigenvalue weighted by Crippen LogP contribution is 2.44. The van der Waals surface area contributed by atoms with Gasteiger partial charge in [-0.3, -0.25) is 0 Å². The number of benzene rings is 1. The SMILES string of the molecule is CCC1CCN2C(=NC(C)=C(C(=O)O)C2c2c(F)cccc2Cl)S1. The highest BCUT2D eigenvalue weighted by atomic mass is 35.5. The number of aliphatic imine (C=N–C) groups is 1. The molecule has 2 aliphatic heterocycles. The predicted octanol–water partition coefficient (Wildman–Crippen LogP) is 4.47. The summed E-state index contributed by atoms with van der Waals surface area (Å²) in [7, 11) is 0. The Hall–Kier alpha value is -1.53. The number of carbonyl (C=O) groups is 1. The first-order valence-corrected chi connectivity index (χ1v) is 9.09. The smallest absolute Gasteiger partial charge is 0.335 e. The Morgan fingerprint density at radius 2 is 2.29 bits per heavy atom. The van der Waals surface area contributed by atoms with E-state index in [0.717, 1.165) is 18.0 Å². The summed E-state index contributed by atoms with van der Waals surface area (Å²) in [5.74, 6) is -1.59. The largest absolute Gasteiger partial charge is 0.478 e. The Bertz CT molecular complexity index is 730. The fourth-order valence-electron chi connectivity index (χ4n) is 3.17. The van der Waals surface area contributed by atoms with Crippen LogP contribution in [0.1, 0.15) is 38.3 Å². The van der Waals surface area contributed by atoms with Gasteiger partial charge >= 0.3 is 5.97 Å². The van der Waals surface area contributed by atoms with E-state index in [1.165, 1.54) is 12.1 Å². The molecule has 7 heteroatoms. The predicted molar refractivity (Wildman–Crippen MR) is 94.9 cm³/mol. The van der Waals surface area contributed by atoms with Gasteiger partial charge in [0, 0.05) is 22.4 Å². The zero-order chi connectivity index (χ0) is 17.4. The van der Waals surface area contributed by atoms with Crippen LogP contribution in [0.25, 0.3) is 0 Å². The number of hydrogen-bond donors (Lipinski definition) is 1. The van der Waals surface area contributed by atoms with Crippen LogP contribution in [0, 0.1) is 5.82 Å². The molecule has 0 spiro atoms. The van der Waals surface area contributed by atoms with Gasteiger partial charge in [-0.1, -0.05) is 36.4 Å². The lowest BCUT2D eigenvalue weighted by Crippen LogP contribution is -2.44. The van der Waals surface area contributed by atoms with Crippen molar-refractivity contribution in [2.45, 2.75) is 38.0 Å².